The van der Waals surface area contributed by atoms with Gasteiger partial charge in [-0.15, -0.1) is 0 Å². The molecule has 0 amide bonds. The Kier molecular flexibility index (Phi) is 3.46. The Morgan fingerprint density at radius 2 is 2.06 bits per heavy atom. The van der Waals surface area contributed by atoms with E-state index in [1.807, 2.05) is 6.92 Å². The van der Waals surface area contributed by atoms with Gasteiger partial charge in [-0.3, -0.25) is 0 Å². The number of fused-ring (bicyclic) bond motifs is 1. The summed E-state index contributed by atoms with van der Waals surface area (Å²) in [5.74, 6) is 0. The fraction of sp³-hybridized carbons (Fsp3) is 0.538. The number of aliphatic hydroxyl groups excluding tert-OH is 1. The Morgan fingerprint density at radius 3 is 2.81 bits per heavy atom. The molecule has 2 N–H and O–H groups in total. The summed E-state index contributed by atoms with van der Waals surface area (Å²) in [6.07, 6.45) is -0.314. The number of para-hydroxylation sites is 1. The maximum Gasteiger partial charge on any atom is 0.0712 e. The maximum atomic E-state index is 9.73. The zero-order valence-electron chi connectivity index (χ0n) is 9.98. The maximum absolute atomic E-state index is 9.73. The van der Waals surface area contributed by atoms with Crippen molar-refractivity contribution in [2.45, 2.75) is 32.5 Å². The third-order valence-corrected chi connectivity index (χ3v) is 3.34. The third-order valence-electron chi connectivity index (χ3n) is 3.34. The van der Waals surface area contributed by atoms with Crippen molar-refractivity contribution in [3.05, 3.63) is 29.8 Å². The van der Waals surface area contributed by atoms with Crippen molar-refractivity contribution < 1.29 is 5.11 Å². The number of benzene rings is 1. The van der Waals surface area contributed by atoms with E-state index in [0.717, 1.165) is 19.6 Å². The van der Waals surface area contributed by atoms with Crippen LogP contribution in [0.4, 0.5) is 5.69 Å². The molecule has 16 heavy (non-hydrogen) atoms. The Morgan fingerprint density at radius 1 is 1.31 bits per heavy atom. The molecule has 0 aromatic heterocycles. The van der Waals surface area contributed by atoms with Crippen LogP contribution >= 0.6 is 0 Å². The van der Waals surface area contributed by atoms with Crippen molar-refractivity contribution in [2.75, 3.05) is 18.0 Å². The van der Waals surface area contributed by atoms with Crippen LogP contribution in [0, 0.1) is 0 Å². The predicted octanol–water partition coefficient (Wildman–Crippen LogP) is 1.37. The van der Waals surface area contributed by atoms with Crippen molar-refractivity contribution >= 4 is 5.69 Å². The zero-order chi connectivity index (χ0) is 11.5. The van der Waals surface area contributed by atoms with Crippen molar-refractivity contribution in [1.82, 2.24) is 5.32 Å². The fourth-order valence-corrected chi connectivity index (χ4v) is 2.17. The molecular formula is C13H20N2O. The lowest BCUT2D eigenvalue weighted by atomic mass is 10.1. The molecule has 2 rings (SSSR count). The molecule has 1 aromatic rings. The second kappa shape index (κ2) is 4.85. The lowest BCUT2D eigenvalue weighted by Crippen LogP contribution is -2.42. The summed E-state index contributed by atoms with van der Waals surface area (Å²) >= 11 is 0. The average Bonchev–Trinajstić information content (AvgIpc) is 2.50. The average molecular weight is 220 g/mol. The summed E-state index contributed by atoms with van der Waals surface area (Å²) in [5, 5.41) is 13.1. The highest BCUT2D eigenvalue weighted by molar-refractivity contribution is 5.55. The molecule has 0 radical (unpaired) electrons. The van der Waals surface area contributed by atoms with E-state index in [1.165, 1.54) is 11.3 Å². The SMILES string of the molecule is CC(O)C(C)N1CCNCc2ccccc21. The Labute approximate surface area is 97.1 Å². The lowest BCUT2D eigenvalue weighted by Gasteiger charge is -2.33. The van der Waals surface area contributed by atoms with E-state index in [1.54, 1.807) is 0 Å². The van der Waals surface area contributed by atoms with Gasteiger partial charge in [0, 0.05) is 25.3 Å². The molecule has 0 saturated heterocycles. The fourth-order valence-electron chi connectivity index (χ4n) is 2.17. The van der Waals surface area contributed by atoms with Crippen LogP contribution in [0.25, 0.3) is 0 Å². The van der Waals surface area contributed by atoms with Crippen molar-refractivity contribution in [2.24, 2.45) is 0 Å². The van der Waals surface area contributed by atoms with Crippen LogP contribution in [-0.4, -0.2) is 30.3 Å². The molecule has 2 unspecified atom stereocenters. The van der Waals surface area contributed by atoms with E-state index in [-0.39, 0.29) is 12.1 Å². The van der Waals surface area contributed by atoms with E-state index in [4.69, 9.17) is 0 Å². The Balaban J connectivity index is 2.32. The first kappa shape index (κ1) is 11.4. The van der Waals surface area contributed by atoms with Gasteiger partial charge in [0.05, 0.1) is 12.1 Å². The predicted molar refractivity (Wildman–Crippen MR) is 66.6 cm³/mol. The van der Waals surface area contributed by atoms with Gasteiger partial charge in [0.1, 0.15) is 0 Å². The van der Waals surface area contributed by atoms with Gasteiger partial charge in [-0.2, -0.15) is 0 Å². The molecule has 1 aliphatic rings. The molecule has 0 aliphatic carbocycles. The van der Waals surface area contributed by atoms with Crippen LogP contribution in [-0.2, 0) is 6.54 Å². The third kappa shape index (κ3) is 2.20. The molecule has 1 heterocycles. The number of anilines is 1. The first-order valence-electron chi connectivity index (χ1n) is 5.93. The van der Waals surface area contributed by atoms with Gasteiger partial charge in [-0.1, -0.05) is 18.2 Å². The van der Waals surface area contributed by atoms with Gasteiger partial charge in [0.2, 0.25) is 0 Å². The van der Waals surface area contributed by atoms with Crippen LogP contribution in [0.1, 0.15) is 19.4 Å². The quantitative estimate of drug-likeness (QED) is 0.790. The Hall–Kier alpha value is -1.06. The number of nitrogens with zero attached hydrogens (tertiary/aromatic N) is 1. The molecular weight excluding hydrogens is 200 g/mol. The van der Waals surface area contributed by atoms with Gasteiger partial charge in [-0.25, -0.2) is 0 Å². The van der Waals surface area contributed by atoms with Crippen LogP contribution in [0.15, 0.2) is 24.3 Å². The van der Waals surface area contributed by atoms with Gasteiger partial charge in [-0.05, 0) is 25.5 Å². The largest absolute Gasteiger partial charge is 0.391 e. The lowest BCUT2D eigenvalue weighted by molar-refractivity contribution is 0.166. The number of hydrogen-bond acceptors (Lipinski definition) is 3. The van der Waals surface area contributed by atoms with E-state index in [9.17, 15) is 5.11 Å². The standard InChI is InChI=1S/C13H20N2O/c1-10(11(2)16)15-8-7-14-9-12-5-3-4-6-13(12)15/h3-6,10-11,14,16H,7-9H2,1-2H3. The summed E-state index contributed by atoms with van der Waals surface area (Å²) in [6.45, 7) is 6.76. The van der Waals surface area contributed by atoms with E-state index < -0.39 is 0 Å². The summed E-state index contributed by atoms with van der Waals surface area (Å²) in [7, 11) is 0. The minimum absolute atomic E-state index is 0.154. The first-order valence-corrected chi connectivity index (χ1v) is 5.93. The molecule has 1 aliphatic heterocycles. The molecule has 1 aromatic carbocycles. The van der Waals surface area contributed by atoms with E-state index >= 15 is 0 Å². The molecule has 0 saturated carbocycles. The highest BCUT2D eigenvalue weighted by Crippen LogP contribution is 2.24. The summed E-state index contributed by atoms with van der Waals surface area (Å²) in [5.41, 5.74) is 2.56. The summed E-state index contributed by atoms with van der Waals surface area (Å²) in [6, 6.07) is 8.57. The molecule has 88 valence electrons. The second-order valence-electron chi connectivity index (χ2n) is 4.48. The first-order chi connectivity index (χ1) is 7.70. The minimum atomic E-state index is -0.314. The molecule has 0 bridgehead atoms. The summed E-state index contributed by atoms with van der Waals surface area (Å²) in [4.78, 5) is 2.29. The van der Waals surface area contributed by atoms with Crippen LogP contribution in [0.3, 0.4) is 0 Å². The second-order valence-corrected chi connectivity index (χ2v) is 4.48. The molecule has 0 fully saturated rings. The Bertz CT molecular complexity index is 352. The van der Waals surface area contributed by atoms with Crippen molar-refractivity contribution in [1.29, 1.82) is 0 Å². The van der Waals surface area contributed by atoms with Gasteiger partial charge >= 0.3 is 0 Å². The van der Waals surface area contributed by atoms with Crippen molar-refractivity contribution in [3.63, 3.8) is 0 Å². The van der Waals surface area contributed by atoms with Crippen LogP contribution in [0.5, 0.6) is 0 Å². The highest BCUT2D eigenvalue weighted by Gasteiger charge is 2.22. The molecule has 3 heteroatoms. The molecule has 2 atom stereocenters. The highest BCUT2D eigenvalue weighted by atomic mass is 16.3. The van der Waals surface area contributed by atoms with Gasteiger partial charge in [0.15, 0.2) is 0 Å². The van der Waals surface area contributed by atoms with E-state index in [0.29, 0.717) is 0 Å². The number of hydrogen-bond donors (Lipinski definition) is 2. The molecule has 3 nitrogen and oxygen atoms in total. The topological polar surface area (TPSA) is 35.5 Å². The van der Waals surface area contributed by atoms with Gasteiger partial charge in [0.25, 0.3) is 0 Å². The van der Waals surface area contributed by atoms with Crippen molar-refractivity contribution in [3.8, 4) is 0 Å². The van der Waals surface area contributed by atoms with Crippen LogP contribution in [0.2, 0.25) is 0 Å². The minimum Gasteiger partial charge on any atom is -0.391 e. The monoisotopic (exact) mass is 220 g/mol. The number of rotatable bonds is 2. The molecule has 0 spiro atoms. The van der Waals surface area contributed by atoms with Gasteiger partial charge < -0.3 is 15.3 Å². The smallest absolute Gasteiger partial charge is 0.0712 e. The van der Waals surface area contributed by atoms with Crippen LogP contribution < -0.4 is 10.2 Å². The normalized spacial score (nSPS) is 19.8. The van der Waals surface area contributed by atoms with E-state index in [2.05, 4.69) is 41.4 Å². The zero-order valence-corrected chi connectivity index (χ0v) is 9.98. The number of aliphatic hydroxyl groups is 1. The summed E-state index contributed by atoms with van der Waals surface area (Å²) < 4.78 is 0. The number of nitrogens with one attached hydrogen (secondary N) is 1.